The highest BCUT2D eigenvalue weighted by Crippen LogP contribution is 2.38. The van der Waals surface area contributed by atoms with Gasteiger partial charge in [-0.05, 0) is 67.5 Å². The van der Waals surface area contributed by atoms with Gasteiger partial charge in [0, 0.05) is 16.9 Å². The number of para-hydroxylation sites is 1. The zero-order valence-corrected chi connectivity index (χ0v) is 19.1. The number of pyridine rings is 1. The minimum Gasteiger partial charge on any atom is -0.497 e. The molecule has 4 rings (SSSR count). The molecule has 2 aromatic carbocycles. The third kappa shape index (κ3) is 4.63. The molecule has 5 nitrogen and oxygen atoms in total. The highest BCUT2D eigenvalue weighted by atomic mass is 32.2. The van der Waals surface area contributed by atoms with E-state index in [1.807, 2.05) is 55.5 Å². The van der Waals surface area contributed by atoms with Crippen molar-refractivity contribution in [2.75, 3.05) is 18.2 Å². The first-order valence-corrected chi connectivity index (χ1v) is 11.7. The number of carbonyl (C=O) groups is 1. The molecule has 0 aliphatic heterocycles. The number of aromatic nitrogens is 1. The summed E-state index contributed by atoms with van der Waals surface area (Å²) in [4.78, 5) is 17.4. The van der Waals surface area contributed by atoms with Gasteiger partial charge in [-0.2, -0.15) is 5.26 Å². The van der Waals surface area contributed by atoms with E-state index in [-0.39, 0.29) is 11.7 Å². The molecule has 0 unspecified atom stereocenters. The number of fused-ring (bicyclic) bond motifs is 1. The zero-order chi connectivity index (χ0) is 22.5. The van der Waals surface area contributed by atoms with E-state index in [4.69, 9.17) is 9.72 Å². The van der Waals surface area contributed by atoms with Crippen LogP contribution in [0.25, 0.3) is 11.1 Å². The molecule has 0 saturated heterocycles. The molecule has 0 saturated carbocycles. The molecule has 1 aromatic heterocycles. The molecule has 1 aliphatic rings. The average molecular weight is 444 g/mol. The minimum atomic E-state index is -0.112. The lowest BCUT2D eigenvalue weighted by Gasteiger charge is -2.22. The van der Waals surface area contributed by atoms with Crippen molar-refractivity contribution in [1.82, 2.24) is 4.98 Å². The normalized spacial score (nSPS) is 12.5. The highest BCUT2D eigenvalue weighted by Gasteiger charge is 2.23. The van der Waals surface area contributed by atoms with E-state index in [9.17, 15) is 10.1 Å². The van der Waals surface area contributed by atoms with Gasteiger partial charge in [0.15, 0.2) is 0 Å². The number of thioether (sulfide) groups is 1. The summed E-state index contributed by atoms with van der Waals surface area (Å²) < 4.78 is 5.29. The molecule has 32 heavy (non-hydrogen) atoms. The molecule has 0 atom stereocenters. The molecule has 1 aliphatic carbocycles. The minimum absolute atomic E-state index is 0.112. The summed E-state index contributed by atoms with van der Waals surface area (Å²) in [5.74, 6) is 0.855. The van der Waals surface area contributed by atoms with Gasteiger partial charge >= 0.3 is 0 Å². The topological polar surface area (TPSA) is 75.0 Å². The van der Waals surface area contributed by atoms with Crippen LogP contribution in [0.15, 0.2) is 53.6 Å². The SMILES string of the molecule is COc1ccc(-c2c(C#N)c(SCC(=O)Nc3ccccc3C)nc3c2CCCC3)cc1. The monoisotopic (exact) mass is 443 g/mol. The Morgan fingerprint density at radius 1 is 1.16 bits per heavy atom. The number of nitrogens with zero attached hydrogens (tertiary/aromatic N) is 2. The Morgan fingerprint density at radius 2 is 1.91 bits per heavy atom. The summed E-state index contributed by atoms with van der Waals surface area (Å²) in [5, 5.41) is 13.7. The summed E-state index contributed by atoms with van der Waals surface area (Å²) in [6.45, 7) is 1.96. The average Bonchev–Trinajstić information content (AvgIpc) is 2.83. The van der Waals surface area contributed by atoms with Crippen LogP contribution in [0.2, 0.25) is 0 Å². The molecule has 1 N–H and O–H groups in total. The number of rotatable bonds is 6. The van der Waals surface area contributed by atoms with E-state index in [0.717, 1.165) is 65.1 Å². The molecule has 162 valence electrons. The fraction of sp³-hybridized carbons (Fsp3) is 0.269. The lowest BCUT2D eigenvalue weighted by atomic mass is 9.87. The van der Waals surface area contributed by atoms with Crippen LogP contribution in [0.5, 0.6) is 5.75 Å². The number of aryl methyl sites for hydroxylation is 2. The van der Waals surface area contributed by atoms with Gasteiger partial charge in [0.25, 0.3) is 0 Å². The van der Waals surface area contributed by atoms with Crippen molar-refractivity contribution in [1.29, 1.82) is 5.26 Å². The van der Waals surface area contributed by atoms with Gasteiger partial charge in [0.05, 0.1) is 18.4 Å². The number of methoxy groups -OCH3 is 1. The Labute approximate surface area is 192 Å². The van der Waals surface area contributed by atoms with E-state index in [1.54, 1.807) is 7.11 Å². The summed E-state index contributed by atoms with van der Waals surface area (Å²) >= 11 is 1.32. The molecular weight excluding hydrogens is 418 g/mol. The van der Waals surface area contributed by atoms with Gasteiger partial charge in [0.2, 0.25) is 5.91 Å². The summed E-state index contributed by atoms with van der Waals surface area (Å²) in [5.41, 5.74) is 6.49. The molecule has 0 radical (unpaired) electrons. The Balaban J connectivity index is 1.65. The number of carbonyl (C=O) groups excluding carboxylic acids is 1. The number of nitriles is 1. The first-order valence-electron chi connectivity index (χ1n) is 10.7. The zero-order valence-electron chi connectivity index (χ0n) is 18.3. The number of amides is 1. The molecule has 0 bridgehead atoms. The molecule has 3 aromatic rings. The van der Waals surface area contributed by atoms with E-state index in [2.05, 4.69) is 11.4 Å². The van der Waals surface area contributed by atoms with Gasteiger partial charge in [-0.1, -0.05) is 42.1 Å². The second kappa shape index (κ2) is 9.88. The second-order valence-electron chi connectivity index (χ2n) is 7.79. The van der Waals surface area contributed by atoms with Crippen molar-refractivity contribution in [3.05, 3.63) is 70.9 Å². The smallest absolute Gasteiger partial charge is 0.234 e. The molecule has 0 fully saturated rings. The summed E-state index contributed by atoms with van der Waals surface area (Å²) in [7, 11) is 1.64. The van der Waals surface area contributed by atoms with Crippen LogP contribution in [0.4, 0.5) is 5.69 Å². The van der Waals surface area contributed by atoms with Crippen molar-refractivity contribution in [3.8, 4) is 22.9 Å². The second-order valence-corrected chi connectivity index (χ2v) is 8.76. The van der Waals surface area contributed by atoms with Crippen LogP contribution in [0.1, 0.15) is 35.2 Å². The lowest BCUT2D eigenvalue weighted by Crippen LogP contribution is -2.16. The lowest BCUT2D eigenvalue weighted by molar-refractivity contribution is -0.113. The standard InChI is InChI=1S/C26H25N3O2S/c1-17-7-3-5-9-22(17)28-24(30)16-32-26-21(15-27)25(18-11-13-19(31-2)14-12-18)20-8-4-6-10-23(20)29-26/h3,5,7,9,11-14H,4,6,8,10,16H2,1-2H3,(H,28,30). The van der Waals surface area contributed by atoms with Crippen molar-refractivity contribution < 1.29 is 9.53 Å². The highest BCUT2D eigenvalue weighted by molar-refractivity contribution is 8.00. The Hall–Kier alpha value is -3.30. The Kier molecular flexibility index (Phi) is 6.77. The van der Waals surface area contributed by atoms with Gasteiger partial charge in [0.1, 0.15) is 16.8 Å². The van der Waals surface area contributed by atoms with E-state index >= 15 is 0 Å². The number of ether oxygens (including phenoxy) is 1. The van der Waals surface area contributed by atoms with Gasteiger partial charge in [-0.25, -0.2) is 4.98 Å². The van der Waals surface area contributed by atoms with Crippen LogP contribution in [0.3, 0.4) is 0 Å². The fourth-order valence-corrected chi connectivity index (χ4v) is 4.84. The number of anilines is 1. The number of benzene rings is 2. The fourth-order valence-electron chi connectivity index (χ4n) is 4.04. The third-order valence-electron chi connectivity index (χ3n) is 5.69. The summed E-state index contributed by atoms with van der Waals surface area (Å²) in [6.07, 6.45) is 3.99. The first-order chi connectivity index (χ1) is 15.6. The van der Waals surface area contributed by atoms with Crippen LogP contribution >= 0.6 is 11.8 Å². The van der Waals surface area contributed by atoms with E-state index in [1.165, 1.54) is 11.8 Å². The molecule has 0 spiro atoms. The predicted octanol–water partition coefficient (Wildman–Crippen LogP) is 5.55. The van der Waals surface area contributed by atoms with Crippen molar-refractivity contribution >= 4 is 23.4 Å². The molecule has 6 heteroatoms. The number of nitrogens with one attached hydrogen (secondary N) is 1. The van der Waals surface area contributed by atoms with E-state index in [0.29, 0.717) is 10.6 Å². The van der Waals surface area contributed by atoms with Gasteiger partial charge in [-0.3, -0.25) is 4.79 Å². The number of hydrogen-bond acceptors (Lipinski definition) is 5. The van der Waals surface area contributed by atoms with Gasteiger partial charge in [-0.15, -0.1) is 0 Å². The van der Waals surface area contributed by atoms with Crippen molar-refractivity contribution in [2.24, 2.45) is 0 Å². The maximum absolute atomic E-state index is 12.6. The molecule has 1 amide bonds. The number of hydrogen-bond donors (Lipinski definition) is 1. The van der Waals surface area contributed by atoms with Crippen molar-refractivity contribution in [3.63, 3.8) is 0 Å². The van der Waals surface area contributed by atoms with Crippen LogP contribution < -0.4 is 10.1 Å². The van der Waals surface area contributed by atoms with Crippen molar-refractivity contribution in [2.45, 2.75) is 37.6 Å². The van der Waals surface area contributed by atoms with Crippen LogP contribution in [-0.2, 0) is 17.6 Å². The van der Waals surface area contributed by atoms with Gasteiger partial charge < -0.3 is 10.1 Å². The Morgan fingerprint density at radius 3 is 2.62 bits per heavy atom. The summed E-state index contributed by atoms with van der Waals surface area (Å²) in [6, 6.07) is 17.9. The largest absolute Gasteiger partial charge is 0.497 e. The third-order valence-corrected chi connectivity index (χ3v) is 6.67. The quantitative estimate of drug-likeness (QED) is 0.506. The first kappa shape index (κ1) is 21.9. The molecule has 1 heterocycles. The predicted molar refractivity (Wildman–Crippen MR) is 128 cm³/mol. The Bertz CT molecular complexity index is 1180. The van der Waals surface area contributed by atoms with Crippen LogP contribution in [0, 0.1) is 18.3 Å². The maximum atomic E-state index is 12.6. The van der Waals surface area contributed by atoms with E-state index < -0.39 is 0 Å². The molecular formula is C26H25N3O2S. The van der Waals surface area contributed by atoms with Crippen LogP contribution in [-0.4, -0.2) is 23.8 Å². The maximum Gasteiger partial charge on any atom is 0.234 e.